The SMILES string of the molecule is COc1ccc(CN2C3CC4CC(C3)CC2C4)cc1. The van der Waals surface area contributed by atoms with Crippen molar-refractivity contribution in [2.45, 2.75) is 50.7 Å². The number of nitrogens with zero attached hydrogens (tertiary/aromatic N) is 1. The highest BCUT2D eigenvalue weighted by Crippen LogP contribution is 2.49. The highest BCUT2D eigenvalue weighted by molar-refractivity contribution is 5.27. The van der Waals surface area contributed by atoms with Crippen LogP contribution in [0.2, 0.25) is 0 Å². The molecule has 2 aliphatic heterocycles. The number of ether oxygens (including phenoxy) is 1. The van der Waals surface area contributed by atoms with Crippen LogP contribution in [0.4, 0.5) is 0 Å². The van der Waals surface area contributed by atoms with Gasteiger partial charge in [-0.25, -0.2) is 0 Å². The lowest BCUT2D eigenvalue weighted by molar-refractivity contribution is -0.0636. The first-order valence-electron chi connectivity index (χ1n) is 7.70. The average molecular weight is 257 g/mol. The van der Waals surface area contributed by atoms with Gasteiger partial charge in [-0.3, -0.25) is 4.90 Å². The van der Waals surface area contributed by atoms with Crippen molar-refractivity contribution in [1.29, 1.82) is 0 Å². The van der Waals surface area contributed by atoms with Crippen molar-refractivity contribution in [1.82, 2.24) is 4.90 Å². The van der Waals surface area contributed by atoms with Gasteiger partial charge in [0.1, 0.15) is 5.75 Å². The minimum Gasteiger partial charge on any atom is -0.497 e. The van der Waals surface area contributed by atoms with Crippen LogP contribution in [0.5, 0.6) is 5.75 Å². The van der Waals surface area contributed by atoms with Crippen LogP contribution in [0.1, 0.15) is 37.7 Å². The Labute approximate surface area is 115 Å². The molecule has 4 fully saturated rings. The molecule has 19 heavy (non-hydrogen) atoms. The van der Waals surface area contributed by atoms with Crippen LogP contribution in [0.25, 0.3) is 0 Å². The van der Waals surface area contributed by atoms with Gasteiger partial charge in [0.2, 0.25) is 0 Å². The number of hydrogen-bond acceptors (Lipinski definition) is 2. The van der Waals surface area contributed by atoms with Gasteiger partial charge in [-0.15, -0.1) is 0 Å². The Kier molecular flexibility index (Phi) is 2.80. The molecule has 2 nitrogen and oxygen atoms in total. The fourth-order valence-corrected chi connectivity index (χ4v) is 4.82. The predicted molar refractivity (Wildman–Crippen MR) is 76.2 cm³/mol. The summed E-state index contributed by atoms with van der Waals surface area (Å²) in [6.07, 6.45) is 7.38. The highest BCUT2D eigenvalue weighted by Gasteiger charge is 2.46. The second kappa shape index (κ2) is 4.52. The Hall–Kier alpha value is -1.02. The van der Waals surface area contributed by atoms with Crippen molar-refractivity contribution >= 4 is 0 Å². The van der Waals surface area contributed by atoms with Gasteiger partial charge in [0, 0.05) is 18.6 Å². The minimum atomic E-state index is 0.873. The fraction of sp³-hybridized carbons (Fsp3) is 0.647. The van der Waals surface area contributed by atoms with Crippen molar-refractivity contribution in [3.05, 3.63) is 29.8 Å². The second-order valence-electron chi connectivity index (χ2n) is 6.74. The molecule has 5 rings (SSSR count). The lowest BCUT2D eigenvalue weighted by Gasteiger charge is -2.56. The van der Waals surface area contributed by atoms with Crippen LogP contribution in [0.3, 0.4) is 0 Å². The van der Waals surface area contributed by atoms with E-state index < -0.39 is 0 Å². The number of rotatable bonds is 3. The van der Waals surface area contributed by atoms with Gasteiger partial charge in [-0.1, -0.05) is 12.1 Å². The molecule has 2 aliphatic carbocycles. The molecule has 1 aromatic rings. The molecule has 4 aliphatic rings. The molecule has 0 unspecified atom stereocenters. The number of piperidine rings is 2. The zero-order chi connectivity index (χ0) is 12.8. The van der Waals surface area contributed by atoms with Gasteiger partial charge in [0.15, 0.2) is 0 Å². The first-order chi connectivity index (χ1) is 9.31. The van der Waals surface area contributed by atoms with E-state index >= 15 is 0 Å². The monoisotopic (exact) mass is 257 g/mol. The summed E-state index contributed by atoms with van der Waals surface area (Å²) in [6, 6.07) is 10.4. The van der Waals surface area contributed by atoms with Crippen LogP contribution in [-0.4, -0.2) is 24.1 Å². The first-order valence-corrected chi connectivity index (χ1v) is 7.70. The fourth-order valence-electron chi connectivity index (χ4n) is 4.82. The lowest BCUT2D eigenvalue weighted by atomic mass is 9.63. The van der Waals surface area contributed by atoms with E-state index in [1.165, 1.54) is 37.7 Å². The molecule has 2 heterocycles. The smallest absolute Gasteiger partial charge is 0.118 e. The lowest BCUT2D eigenvalue weighted by Crippen LogP contribution is -2.57. The largest absolute Gasteiger partial charge is 0.497 e. The van der Waals surface area contributed by atoms with Crippen molar-refractivity contribution in [2.24, 2.45) is 11.8 Å². The van der Waals surface area contributed by atoms with Crippen molar-refractivity contribution in [3.63, 3.8) is 0 Å². The minimum absolute atomic E-state index is 0.873. The maximum atomic E-state index is 5.24. The summed E-state index contributed by atoms with van der Waals surface area (Å²) < 4.78 is 5.24. The third kappa shape index (κ3) is 2.06. The van der Waals surface area contributed by atoms with E-state index in [2.05, 4.69) is 29.2 Å². The molecule has 0 N–H and O–H groups in total. The molecule has 0 spiro atoms. The van der Waals surface area contributed by atoms with Gasteiger partial charge in [-0.2, -0.15) is 0 Å². The summed E-state index contributed by atoms with van der Waals surface area (Å²) in [7, 11) is 1.73. The summed E-state index contributed by atoms with van der Waals surface area (Å²) in [5.41, 5.74) is 1.44. The van der Waals surface area contributed by atoms with Gasteiger partial charge in [0.25, 0.3) is 0 Å². The van der Waals surface area contributed by atoms with Crippen LogP contribution in [-0.2, 0) is 6.54 Å². The molecular formula is C17H23NO. The van der Waals surface area contributed by atoms with Crippen molar-refractivity contribution < 1.29 is 4.74 Å². The molecule has 2 saturated carbocycles. The molecule has 102 valence electrons. The molecule has 2 heteroatoms. The van der Waals surface area contributed by atoms with E-state index in [4.69, 9.17) is 4.74 Å². The van der Waals surface area contributed by atoms with Gasteiger partial charge < -0.3 is 4.74 Å². The van der Waals surface area contributed by atoms with Crippen LogP contribution in [0.15, 0.2) is 24.3 Å². The Morgan fingerprint density at radius 2 is 1.53 bits per heavy atom. The summed E-state index contributed by atoms with van der Waals surface area (Å²) in [6.45, 7) is 1.14. The Balaban J connectivity index is 1.50. The number of hydrogen-bond donors (Lipinski definition) is 0. The van der Waals surface area contributed by atoms with E-state index in [1.807, 2.05) is 0 Å². The van der Waals surface area contributed by atoms with Crippen LogP contribution >= 0.6 is 0 Å². The van der Waals surface area contributed by atoms with E-state index in [-0.39, 0.29) is 0 Å². The number of benzene rings is 1. The quantitative estimate of drug-likeness (QED) is 0.822. The Morgan fingerprint density at radius 1 is 0.947 bits per heavy atom. The molecule has 2 saturated heterocycles. The third-order valence-electron chi connectivity index (χ3n) is 5.55. The zero-order valence-electron chi connectivity index (χ0n) is 11.7. The first kappa shape index (κ1) is 11.8. The summed E-state index contributed by atoms with van der Waals surface area (Å²) in [5, 5.41) is 0. The molecule has 0 atom stereocenters. The third-order valence-corrected chi connectivity index (χ3v) is 5.55. The molecule has 0 aromatic heterocycles. The Morgan fingerprint density at radius 3 is 2.05 bits per heavy atom. The average Bonchev–Trinajstić information content (AvgIpc) is 2.43. The van der Waals surface area contributed by atoms with E-state index in [0.717, 1.165) is 36.2 Å². The summed E-state index contributed by atoms with van der Waals surface area (Å²) >= 11 is 0. The predicted octanol–water partition coefficient (Wildman–Crippen LogP) is 3.46. The molecule has 0 amide bonds. The molecule has 0 radical (unpaired) electrons. The van der Waals surface area contributed by atoms with Crippen molar-refractivity contribution in [3.8, 4) is 5.75 Å². The van der Waals surface area contributed by atoms with E-state index in [0.29, 0.717) is 0 Å². The topological polar surface area (TPSA) is 12.5 Å². The normalized spacial score (nSPS) is 36.7. The van der Waals surface area contributed by atoms with Gasteiger partial charge >= 0.3 is 0 Å². The summed E-state index contributed by atoms with van der Waals surface area (Å²) in [5.74, 6) is 3.06. The standard InChI is InChI=1S/C17H23NO/c1-19-17-4-2-12(3-5-17)11-18-15-7-13-6-14(9-15)10-16(18)8-13/h2-5,13-16H,6-11H2,1H3. The summed E-state index contributed by atoms with van der Waals surface area (Å²) in [4.78, 5) is 2.80. The highest BCUT2D eigenvalue weighted by atomic mass is 16.5. The second-order valence-corrected chi connectivity index (χ2v) is 6.74. The Bertz CT molecular complexity index is 425. The molecule has 4 bridgehead atoms. The van der Waals surface area contributed by atoms with Crippen molar-refractivity contribution in [2.75, 3.05) is 7.11 Å². The number of methoxy groups -OCH3 is 1. The van der Waals surface area contributed by atoms with E-state index in [1.54, 1.807) is 7.11 Å². The maximum absolute atomic E-state index is 5.24. The van der Waals surface area contributed by atoms with Crippen LogP contribution in [0, 0.1) is 11.8 Å². The van der Waals surface area contributed by atoms with Gasteiger partial charge in [-0.05, 0) is 61.6 Å². The zero-order valence-corrected chi connectivity index (χ0v) is 11.7. The molecular weight excluding hydrogens is 234 g/mol. The van der Waals surface area contributed by atoms with Crippen LogP contribution < -0.4 is 4.74 Å². The van der Waals surface area contributed by atoms with E-state index in [9.17, 15) is 0 Å². The van der Waals surface area contributed by atoms with Gasteiger partial charge in [0.05, 0.1) is 7.11 Å². The maximum Gasteiger partial charge on any atom is 0.118 e. The molecule has 1 aromatic carbocycles.